The van der Waals surface area contributed by atoms with Gasteiger partial charge in [-0.15, -0.1) is 0 Å². The topological polar surface area (TPSA) is 29.1 Å². The molecule has 2 nitrogen and oxygen atoms in total. The summed E-state index contributed by atoms with van der Waals surface area (Å²) in [7, 11) is 0. The van der Waals surface area contributed by atoms with E-state index in [0.717, 1.165) is 12.1 Å². The molecule has 1 rings (SSSR count). The van der Waals surface area contributed by atoms with Gasteiger partial charge in [0.1, 0.15) is 5.78 Å². The Morgan fingerprint density at radius 2 is 2.07 bits per heavy atom. The minimum absolute atomic E-state index is 0.127. The van der Waals surface area contributed by atoms with Crippen molar-refractivity contribution in [1.82, 2.24) is 0 Å². The fourth-order valence-corrected chi connectivity index (χ4v) is 1.18. The van der Waals surface area contributed by atoms with Gasteiger partial charge in [0.2, 0.25) is 0 Å². The molecule has 0 bridgehead atoms. The summed E-state index contributed by atoms with van der Waals surface area (Å²) in [5.74, 6) is -1.60. The van der Waals surface area contributed by atoms with Gasteiger partial charge in [-0.25, -0.2) is 8.78 Å². The van der Waals surface area contributed by atoms with E-state index in [1.165, 1.54) is 13.0 Å². The number of halogens is 2. The van der Waals surface area contributed by atoms with Gasteiger partial charge in [0.15, 0.2) is 11.6 Å². The van der Waals surface area contributed by atoms with E-state index in [4.69, 9.17) is 0 Å². The number of anilines is 1. The first-order valence-corrected chi connectivity index (χ1v) is 4.78. The van der Waals surface area contributed by atoms with Crippen LogP contribution < -0.4 is 5.32 Å². The average molecular weight is 213 g/mol. The van der Waals surface area contributed by atoms with Crippen molar-refractivity contribution in [2.75, 3.05) is 11.9 Å². The molecule has 1 aromatic rings. The Kier molecular flexibility index (Phi) is 4.21. The molecule has 0 aliphatic heterocycles. The van der Waals surface area contributed by atoms with E-state index in [-0.39, 0.29) is 5.78 Å². The maximum Gasteiger partial charge on any atom is 0.160 e. The van der Waals surface area contributed by atoms with Gasteiger partial charge in [-0.3, -0.25) is 0 Å². The number of nitrogens with one attached hydrogen (secondary N) is 1. The van der Waals surface area contributed by atoms with Crippen LogP contribution in [0.15, 0.2) is 18.2 Å². The zero-order valence-corrected chi connectivity index (χ0v) is 8.52. The molecule has 0 aromatic heterocycles. The molecule has 0 fully saturated rings. The Bertz CT molecular complexity index is 352. The zero-order chi connectivity index (χ0) is 11.3. The highest BCUT2D eigenvalue weighted by Gasteiger charge is 2.01. The van der Waals surface area contributed by atoms with Crippen molar-refractivity contribution >= 4 is 11.5 Å². The first kappa shape index (κ1) is 11.6. The third-order valence-corrected chi connectivity index (χ3v) is 1.95. The van der Waals surface area contributed by atoms with Crippen molar-refractivity contribution in [3.05, 3.63) is 29.8 Å². The fourth-order valence-electron chi connectivity index (χ4n) is 1.18. The van der Waals surface area contributed by atoms with Crippen molar-refractivity contribution in [1.29, 1.82) is 0 Å². The van der Waals surface area contributed by atoms with Gasteiger partial charge >= 0.3 is 0 Å². The van der Waals surface area contributed by atoms with E-state index >= 15 is 0 Å². The molecule has 0 radical (unpaired) electrons. The van der Waals surface area contributed by atoms with Crippen molar-refractivity contribution in [3.63, 3.8) is 0 Å². The summed E-state index contributed by atoms with van der Waals surface area (Å²) in [6, 6.07) is 3.64. The zero-order valence-electron chi connectivity index (χ0n) is 8.52. The minimum atomic E-state index is -0.869. The van der Waals surface area contributed by atoms with Crippen LogP contribution in [0.2, 0.25) is 0 Å². The Balaban J connectivity index is 2.38. The minimum Gasteiger partial charge on any atom is -0.385 e. The second-order valence-electron chi connectivity index (χ2n) is 3.36. The second-order valence-corrected chi connectivity index (χ2v) is 3.36. The second kappa shape index (κ2) is 5.44. The van der Waals surface area contributed by atoms with Crippen LogP contribution >= 0.6 is 0 Å². The molecule has 0 saturated heterocycles. The molecule has 0 amide bonds. The maximum absolute atomic E-state index is 12.7. The molecular weight excluding hydrogens is 200 g/mol. The van der Waals surface area contributed by atoms with E-state index in [2.05, 4.69) is 5.32 Å². The summed E-state index contributed by atoms with van der Waals surface area (Å²) in [5, 5.41) is 2.91. The lowest BCUT2D eigenvalue weighted by Gasteiger charge is -2.05. The van der Waals surface area contributed by atoms with Crippen molar-refractivity contribution < 1.29 is 13.6 Å². The Morgan fingerprint density at radius 1 is 1.33 bits per heavy atom. The van der Waals surface area contributed by atoms with Gasteiger partial charge in [-0.1, -0.05) is 0 Å². The Morgan fingerprint density at radius 3 is 2.67 bits per heavy atom. The monoisotopic (exact) mass is 213 g/mol. The van der Waals surface area contributed by atoms with Gasteiger partial charge < -0.3 is 10.1 Å². The normalized spacial score (nSPS) is 10.1. The number of Topliss-reactive ketones (excluding diaryl/α,β-unsaturated/α-hetero) is 1. The maximum atomic E-state index is 12.7. The standard InChI is InChI=1S/C11H13F2NO/c1-8(15)3-2-6-14-9-4-5-10(12)11(13)7-9/h4-5,7,14H,2-3,6H2,1H3. The van der Waals surface area contributed by atoms with Crippen molar-refractivity contribution in [2.24, 2.45) is 0 Å². The summed E-state index contributed by atoms with van der Waals surface area (Å²) >= 11 is 0. The number of rotatable bonds is 5. The highest BCUT2D eigenvalue weighted by atomic mass is 19.2. The number of ketones is 1. The predicted octanol–water partition coefficient (Wildman–Crippen LogP) is 2.75. The SMILES string of the molecule is CC(=O)CCCNc1ccc(F)c(F)c1. The first-order chi connectivity index (χ1) is 7.09. The molecule has 82 valence electrons. The number of benzene rings is 1. The Hall–Kier alpha value is -1.45. The molecule has 0 aliphatic rings. The van der Waals surface area contributed by atoms with Gasteiger partial charge in [0.25, 0.3) is 0 Å². The van der Waals surface area contributed by atoms with E-state index in [9.17, 15) is 13.6 Å². The summed E-state index contributed by atoms with van der Waals surface area (Å²) in [6.45, 7) is 2.10. The van der Waals surface area contributed by atoms with Crippen LogP contribution in [0.5, 0.6) is 0 Å². The van der Waals surface area contributed by atoms with E-state index in [0.29, 0.717) is 25.1 Å². The third-order valence-electron chi connectivity index (χ3n) is 1.95. The molecule has 4 heteroatoms. The lowest BCUT2D eigenvalue weighted by atomic mass is 10.2. The Labute approximate surface area is 87.3 Å². The van der Waals surface area contributed by atoms with Crippen LogP contribution in [0.3, 0.4) is 0 Å². The smallest absolute Gasteiger partial charge is 0.160 e. The van der Waals surface area contributed by atoms with Gasteiger partial charge in [0.05, 0.1) is 0 Å². The molecule has 0 saturated carbocycles. The van der Waals surface area contributed by atoms with E-state index in [1.807, 2.05) is 0 Å². The number of carbonyl (C=O) groups is 1. The molecule has 0 spiro atoms. The fraction of sp³-hybridized carbons (Fsp3) is 0.364. The molecule has 0 atom stereocenters. The van der Waals surface area contributed by atoms with Crippen molar-refractivity contribution in [3.8, 4) is 0 Å². The quantitative estimate of drug-likeness (QED) is 0.762. The molecule has 0 unspecified atom stereocenters. The molecule has 0 aliphatic carbocycles. The van der Waals surface area contributed by atoms with Gasteiger partial charge in [-0.05, 0) is 31.5 Å². The number of hydrogen-bond donors (Lipinski definition) is 1. The summed E-state index contributed by atoms with van der Waals surface area (Å²) in [6.07, 6.45) is 1.19. The van der Waals surface area contributed by atoms with E-state index < -0.39 is 11.6 Å². The lowest BCUT2D eigenvalue weighted by molar-refractivity contribution is -0.117. The van der Waals surface area contributed by atoms with Gasteiger partial charge in [-0.2, -0.15) is 0 Å². The lowest BCUT2D eigenvalue weighted by Crippen LogP contribution is -2.04. The molecule has 0 heterocycles. The third kappa shape index (κ3) is 4.06. The van der Waals surface area contributed by atoms with Crippen LogP contribution in [0, 0.1) is 11.6 Å². The predicted molar refractivity (Wildman–Crippen MR) is 54.8 cm³/mol. The highest BCUT2D eigenvalue weighted by Crippen LogP contribution is 2.12. The van der Waals surface area contributed by atoms with Crippen LogP contribution in [-0.4, -0.2) is 12.3 Å². The summed E-state index contributed by atoms with van der Waals surface area (Å²) in [5.41, 5.74) is 0.525. The molecule has 15 heavy (non-hydrogen) atoms. The van der Waals surface area contributed by atoms with Crippen LogP contribution in [0.25, 0.3) is 0 Å². The molecular formula is C11H13F2NO. The van der Waals surface area contributed by atoms with Crippen LogP contribution in [0.4, 0.5) is 14.5 Å². The number of carbonyl (C=O) groups excluding carboxylic acids is 1. The molecule has 1 N–H and O–H groups in total. The van der Waals surface area contributed by atoms with Gasteiger partial charge in [0, 0.05) is 18.7 Å². The number of hydrogen-bond acceptors (Lipinski definition) is 2. The van der Waals surface area contributed by atoms with E-state index in [1.54, 1.807) is 0 Å². The molecule has 1 aromatic carbocycles. The van der Waals surface area contributed by atoms with Crippen molar-refractivity contribution in [2.45, 2.75) is 19.8 Å². The summed E-state index contributed by atoms with van der Waals surface area (Å²) < 4.78 is 25.3. The first-order valence-electron chi connectivity index (χ1n) is 4.78. The highest BCUT2D eigenvalue weighted by molar-refractivity contribution is 5.75. The van der Waals surface area contributed by atoms with Crippen LogP contribution in [0.1, 0.15) is 19.8 Å². The largest absolute Gasteiger partial charge is 0.385 e. The van der Waals surface area contributed by atoms with Crippen LogP contribution in [-0.2, 0) is 4.79 Å². The average Bonchev–Trinajstić information content (AvgIpc) is 2.18. The summed E-state index contributed by atoms with van der Waals surface area (Å²) in [4.78, 5) is 10.6.